The van der Waals surface area contributed by atoms with Crippen LogP contribution in [-0.2, 0) is 17.8 Å². The zero-order chi connectivity index (χ0) is 24.2. The molecule has 3 aromatic rings. The van der Waals surface area contributed by atoms with Crippen LogP contribution in [0.15, 0.2) is 82.4 Å². The Labute approximate surface area is 219 Å². The summed E-state index contributed by atoms with van der Waals surface area (Å²) in [7, 11) is 0. The molecule has 6 rings (SSSR count). The summed E-state index contributed by atoms with van der Waals surface area (Å²) in [4.78, 5) is 19.2. The van der Waals surface area contributed by atoms with Gasteiger partial charge in [-0.3, -0.25) is 9.69 Å². The van der Waals surface area contributed by atoms with Crippen LogP contribution in [0.3, 0.4) is 0 Å². The zero-order valence-electron chi connectivity index (χ0n) is 19.5. The Morgan fingerprint density at radius 3 is 2.60 bits per heavy atom. The van der Waals surface area contributed by atoms with E-state index < -0.39 is 5.41 Å². The van der Waals surface area contributed by atoms with Crippen molar-refractivity contribution in [2.24, 2.45) is 10.5 Å². The van der Waals surface area contributed by atoms with E-state index >= 15 is 0 Å². The van der Waals surface area contributed by atoms with Gasteiger partial charge in [-0.2, -0.15) is 10.1 Å². The Balaban J connectivity index is 1.41. The minimum Gasteiger partial charge on any atom is -0.364 e. The number of carbonyl (C=O) groups is 1. The van der Waals surface area contributed by atoms with Gasteiger partial charge < -0.3 is 4.90 Å². The molecule has 2 atom stereocenters. The quantitative estimate of drug-likeness (QED) is 0.417. The number of hydrazone groups is 1. The van der Waals surface area contributed by atoms with Crippen molar-refractivity contribution in [1.82, 2.24) is 4.90 Å². The summed E-state index contributed by atoms with van der Waals surface area (Å²) in [5, 5.41) is 7.07. The van der Waals surface area contributed by atoms with E-state index in [0.717, 1.165) is 42.1 Å². The van der Waals surface area contributed by atoms with Crippen molar-refractivity contribution in [1.29, 1.82) is 0 Å². The number of fused-ring (bicyclic) bond motifs is 4. The Hall–Kier alpha value is -2.67. The average Bonchev–Trinajstić information content (AvgIpc) is 3.10. The SMILES string of the molecule is CC1=NN(c2ccc(Cl)cc2)C(=O)[C@@]12Cc1cc(Br)ccc1N1CCN(Cc3ccccc3)C[C@@H]12. The van der Waals surface area contributed by atoms with Crippen LogP contribution < -0.4 is 9.91 Å². The molecular formula is C28H26BrClN4O. The summed E-state index contributed by atoms with van der Waals surface area (Å²) < 4.78 is 1.03. The van der Waals surface area contributed by atoms with Gasteiger partial charge in [0.25, 0.3) is 5.91 Å². The lowest BCUT2D eigenvalue weighted by Crippen LogP contribution is -2.66. The van der Waals surface area contributed by atoms with Crippen LogP contribution in [0.4, 0.5) is 11.4 Å². The molecule has 1 amide bonds. The van der Waals surface area contributed by atoms with Gasteiger partial charge in [0, 0.05) is 41.4 Å². The number of rotatable bonds is 3. The molecule has 0 aromatic heterocycles. The van der Waals surface area contributed by atoms with E-state index in [1.165, 1.54) is 16.8 Å². The number of anilines is 2. The molecule has 7 heteroatoms. The van der Waals surface area contributed by atoms with Crippen molar-refractivity contribution in [2.75, 3.05) is 29.5 Å². The molecule has 0 unspecified atom stereocenters. The van der Waals surface area contributed by atoms with E-state index in [-0.39, 0.29) is 11.9 Å². The molecule has 5 nitrogen and oxygen atoms in total. The number of halogens is 2. The van der Waals surface area contributed by atoms with Crippen molar-refractivity contribution in [3.05, 3.63) is 93.4 Å². The van der Waals surface area contributed by atoms with Gasteiger partial charge in [0.1, 0.15) is 5.41 Å². The lowest BCUT2D eigenvalue weighted by atomic mass is 9.67. The molecule has 3 aliphatic heterocycles. The van der Waals surface area contributed by atoms with Crippen molar-refractivity contribution >= 4 is 50.5 Å². The van der Waals surface area contributed by atoms with Crippen LogP contribution >= 0.6 is 27.5 Å². The number of nitrogens with zero attached hydrogens (tertiary/aromatic N) is 4. The Kier molecular flexibility index (Phi) is 5.71. The third-order valence-corrected chi connectivity index (χ3v) is 8.39. The smallest absolute Gasteiger partial charge is 0.261 e. The third-order valence-electron chi connectivity index (χ3n) is 7.64. The molecule has 0 aliphatic carbocycles. The highest BCUT2D eigenvalue weighted by Gasteiger charge is 2.59. The minimum absolute atomic E-state index is 0.00203. The van der Waals surface area contributed by atoms with Crippen molar-refractivity contribution in [3.8, 4) is 0 Å². The number of hydrogen-bond donors (Lipinski definition) is 0. The largest absolute Gasteiger partial charge is 0.364 e. The molecule has 3 heterocycles. The molecule has 178 valence electrons. The van der Waals surface area contributed by atoms with Crippen LogP contribution in [0.2, 0.25) is 5.02 Å². The van der Waals surface area contributed by atoms with Crippen LogP contribution in [0.25, 0.3) is 0 Å². The summed E-state index contributed by atoms with van der Waals surface area (Å²) in [6.07, 6.45) is 0.639. The van der Waals surface area contributed by atoms with Crippen LogP contribution in [0.1, 0.15) is 18.1 Å². The monoisotopic (exact) mass is 548 g/mol. The van der Waals surface area contributed by atoms with E-state index in [4.69, 9.17) is 16.7 Å². The molecule has 0 saturated carbocycles. The summed E-state index contributed by atoms with van der Waals surface area (Å²) in [6.45, 7) is 5.51. The van der Waals surface area contributed by atoms with E-state index in [9.17, 15) is 4.79 Å². The summed E-state index contributed by atoms with van der Waals surface area (Å²) in [6, 6.07) is 24.4. The fourth-order valence-corrected chi connectivity index (χ4v) is 6.44. The highest BCUT2D eigenvalue weighted by Crippen LogP contribution is 2.48. The maximum atomic E-state index is 14.3. The third kappa shape index (κ3) is 3.79. The minimum atomic E-state index is -0.719. The van der Waals surface area contributed by atoms with E-state index in [0.29, 0.717) is 11.4 Å². The fraction of sp³-hybridized carbons (Fsp3) is 0.286. The summed E-state index contributed by atoms with van der Waals surface area (Å²) >= 11 is 9.76. The van der Waals surface area contributed by atoms with Crippen LogP contribution in [-0.4, -0.2) is 42.2 Å². The van der Waals surface area contributed by atoms with Crippen molar-refractivity contribution in [3.63, 3.8) is 0 Å². The van der Waals surface area contributed by atoms with Gasteiger partial charge >= 0.3 is 0 Å². The molecule has 0 N–H and O–H groups in total. The number of amides is 1. The lowest BCUT2D eigenvalue weighted by Gasteiger charge is -2.53. The second-order valence-corrected chi connectivity index (χ2v) is 11.0. The Morgan fingerprint density at radius 1 is 1.06 bits per heavy atom. The van der Waals surface area contributed by atoms with Gasteiger partial charge in [0.15, 0.2) is 0 Å². The number of hydrogen-bond acceptors (Lipinski definition) is 4. The zero-order valence-corrected chi connectivity index (χ0v) is 21.8. The molecule has 3 aromatic carbocycles. The van der Waals surface area contributed by atoms with Gasteiger partial charge in [-0.1, -0.05) is 57.9 Å². The van der Waals surface area contributed by atoms with Gasteiger partial charge in [-0.15, -0.1) is 0 Å². The molecule has 3 aliphatic rings. The molecule has 1 spiro atoms. The lowest BCUT2D eigenvalue weighted by molar-refractivity contribution is -0.125. The Morgan fingerprint density at radius 2 is 1.83 bits per heavy atom. The molecular weight excluding hydrogens is 524 g/mol. The first-order valence-corrected chi connectivity index (χ1v) is 13.1. The van der Waals surface area contributed by atoms with Crippen LogP contribution in [0.5, 0.6) is 0 Å². The fourth-order valence-electron chi connectivity index (χ4n) is 5.90. The molecule has 0 bridgehead atoms. The molecule has 1 fully saturated rings. The van der Waals surface area contributed by atoms with Gasteiger partial charge in [0.05, 0.1) is 17.4 Å². The van der Waals surface area contributed by atoms with E-state index in [1.54, 1.807) is 5.01 Å². The molecule has 1 saturated heterocycles. The van der Waals surface area contributed by atoms with Crippen LogP contribution in [0, 0.1) is 5.41 Å². The number of piperazine rings is 1. The van der Waals surface area contributed by atoms with Crippen molar-refractivity contribution < 1.29 is 4.79 Å². The van der Waals surface area contributed by atoms with Gasteiger partial charge in [0.2, 0.25) is 0 Å². The maximum absolute atomic E-state index is 14.3. The summed E-state index contributed by atoms with van der Waals surface area (Å²) in [5.74, 6) is 0.0412. The van der Waals surface area contributed by atoms with E-state index in [2.05, 4.69) is 74.3 Å². The molecule has 35 heavy (non-hydrogen) atoms. The first-order chi connectivity index (χ1) is 17.0. The number of benzene rings is 3. The summed E-state index contributed by atoms with van der Waals surface area (Å²) in [5.41, 5.74) is 4.62. The predicted molar refractivity (Wildman–Crippen MR) is 145 cm³/mol. The second kappa shape index (κ2) is 8.77. The maximum Gasteiger partial charge on any atom is 0.261 e. The average molecular weight is 550 g/mol. The highest BCUT2D eigenvalue weighted by molar-refractivity contribution is 9.10. The predicted octanol–water partition coefficient (Wildman–Crippen LogP) is 5.76. The first kappa shape index (κ1) is 22.8. The van der Waals surface area contributed by atoms with Gasteiger partial charge in [-0.25, -0.2) is 0 Å². The normalized spacial score (nSPS) is 23.9. The highest BCUT2D eigenvalue weighted by atomic mass is 79.9. The topological polar surface area (TPSA) is 39.2 Å². The number of carbonyl (C=O) groups excluding carboxylic acids is 1. The van der Waals surface area contributed by atoms with Crippen molar-refractivity contribution in [2.45, 2.75) is 25.9 Å². The Bertz CT molecular complexity index is 1310. The first-order valence-electron chi connectivity index (χ1n) is 11.9. The van der Waals surface area contributed by atoms with Gasteiger partial charge in [-0.05, 0) is 66.9 Å². The van der Waals surface area contributed by atoms with E-state index in [1.807, 2.05) is 31.2 Å². The standard InChI is InChI=1S/C28H26BrClN4O/c1-19-28(27(35)34(31-19)24-10-8-23(30)9-11-24)16-21-15-22(29)7-12-25(21)33-14-13-32(18-26(28)33)17-20-5-3-2-4-6-20/h2-12,15,26H,13-14,16-18H2,1H3/t26-,28+/m1/s1. The second-order valence-electron chi connectivity index (χ2n) is 9.63. The molecule has 0 radical (unpaired) electrons.